The molecule has 2 aromatic rings. The molecule has 0 spiro atoms. The summed E-state index contributed by atoms with van der Waals surface area (Å²) in [5.41, 5.74) is 0.806. The summed E-state index contributed by atoms with van der Waals surface area (Å²) < 4.78 is 5.65. The molecule has 0 radical (unpaired) electrons. The number of hydrogen-bond acceptors (Lipinski definition) is 4. The molecule has 19 heavy (non-hydrogen) atoms. The lowest BCUT2D eigenvalue weighted by Crippen LogP contribution is -2.35. The van der Waals surface area contributed by atoms with Crippen LogP contribution in [0.1, 0.15) is 34.8 Å². The van der Waals surface area contributed by atoms with Gasteiger partial charge in [0.05, 0.1) is 5.01 Å². The van der Waals surface area contributed by atoms with Crippen molar-refractivity contribution in [1.29, 1.82) is 0 Å². The summed E-state index contributed by atoms with van der Waals surface area (Å²) >= 11 is 1.58. The van der Waals surface area contributed by atoms with Crippen LogP contribution in [0.5, 0.6) is 0 Å². The van der Waals surface area contributed by atoms with Crippen LogP contribution in [0.2, 0.25) is 0 Å². The van der Waals surface area contributed by atoms with Gasteiger partial charge in [-0.25, -0.2) is 4.98 Å². The van der Waals surface area contributed by atoms with Gasteiger partial charge in [-0.3, -0.25) is 4.79 Å². The van der Waals surface area contributed by atoms with E-state index in [1.807, 2.05) is 23.3 Å². The van der Waals surface area contributed by atoms with E-state index in [1.54, 1.807) is 17.4 Å². The molecule has 0 aliphatic carbocycles. The van der Waals surface area contributed by atoms with Crippen molar-refractivity contribution in [3.63, 3.8) is 0 Å². The molecule has 3 rings (SSSR count). The number of hydrogen-bond donors (Lipinski definition) is 0. The van der Waals surface area contributed by atoms with E-state index in [4.69, 9.17) is 4.42 Å². The highest BCUT2D eigenvalue weighted by atomic mass is 32.1. The lowest BCUT2D eigenvalue weighted by molar-refractivity contribution is 0.0693. The van der Waals surface area contributed by atoms with Gasteiger partial charge in [0.1, 0.15) is 5.69 Å². The Hall–Kier alpha value is -1.62. The predicted octanol–water partition coefficient (Wildman–Crippen LogP) is 3.34. The van der Waals surface area contributed by atoms with Gasteiger partial charge in [0, 0.05) is 18.5 Å². The van der Waals surface area contributed by atoms with Gasteiger partial charge in [0.15, 0.2) is 11.5 Å². The van der Waals surface area contributed by atoms with Gasteiger partial charge in [-0.15, -0.1) is 11.3 Å². The van der Waals surface area contributed by atoms with E-state index in [9.17, 15) is 4.79 Å². The highest BCUT2D eigenvalue weighted by Crippen LogP contribution is 2.24. The van der Waals surface area contributed by atoms with E-state index in [-0.39, 0.29) is 5.91 Å². The third-order valence-electron chi connectivity index (χ3n) is 3.33. The van der Waals surface area contributed by atoms with E-state index in [1.165, 1.54) is 6.42 Å². The summed E-state index contributed by atoms with van der Waals surface area (Å²) in [5.74, 6) is 1.09. The van der Waals surface area contributed by atoms with Gasteiger partial charge in [-0.1, -0.05) is 0 Å². The number of nitrogens with zero attached hydrogens (tertiary/aromatic N) is 2. The zero-order valence-corrected chi connectivity index (χ0v) is 11.7. The van der Waals surface area contributed by atoms with Crippen molar-refractivity contribution >= 4 is 17.2 Å². The van der Waals surface area contributed by atoms with E-state index in [0.29, 0.717) is 11.5 Å². The SMILES string of the molecule is Cc1nc(-c2ccc(C(=O)N3CCCCC3)o2)cs1. The number of furan rings is 1. The molecule has 3 heterocycles. The Kier molecular flexibility index (Phi) is 3.38. The molecule has 1 amide bonds. The molecule has 1 fully saturated rings. The van der Waals surface area contributed by atoms with Crippen molar-refractivity contribution in [3.8, 4) is 11.5 Å². The number of aromatic nitrogens is 1. The Balaban J connectivity index is 1.79. The van der Waals surface area contributed by atoms with Gasteiger partial charge in [-0.2, -0.15) is 0 Å². The molecule has 0 saturated carbocycles. The molecule has 2 aromatic heterocycles. The van der Waals surface area contributed by atoms with E-state index in [2.05, 4.69) is 4.98 Å². The second kappa shape index (κ2) is 5.17. The van der Waals surface area contributed by atoms with Crippen molar-refractivity contribution in [2.75, 3.05) is 13.1 Å². The summed E-state index contributed by atoms with van der Waals surface area (Å²) in [4.78, 5) is 18.5. The number of carbonyl (C=O) groups excluding carboxylic acids is 1. The quantitative estimate of drug-likeness (QED) is 0.845. The van der Waals surface area contributed by atoms with Crippen LogP contribution in [0.25, 0.3) is 11.5 Å². The van der Waals surface area contributed by atoms with Gasteiger partial charge < -0.3 is 9.32 Å². The molecule has 0 bridgehead atoms. The summed E-state index contributed by atoms with van der Waals surface area (Å²) in [7, 11) is 0. The van der Waals surface area contributed by atoms with Crippen molar-refractivity contribution in [3.05, 3.63) is 28.3 Å². The molecule has 1 aliphatic rings. The first-order chi connectivity index (χ1) is 9.24. The Labute approximate surface area is 116 Å². The third kappa shape index (κ3) is 2.56. The van der Waals surface area contributed by atoms with E-state index >= 15 is 0 Å². The molecular formula is C14H16N2O2S. The zero-order chi connectivity index (χ0) is 13.2. The monoisotopic (exact) mass is 276 g/mol. The number of piperidine rings is 1. The molecule has 0 unspecified atom stereocenters. The van der Waals surface area contributed by atoms with Crippen molar-refractivity contribution < 1.29 is 9.21 Å². The topological polar surface area (TPSA) is 46.3 Å². The first kappa shape index (κ1) is 12.4. The maximum atomic E-state index is 12.3. The molecule has 1 aliphatic heterocycles. The zero-order valence-electron chi connectivity index (χ0n) is 10.9. The van der Waals surface area contributed by atoms with Crippen LogP contribution in [0, 0.1) is 6.92 Å². The molecule has 5 heteroatoms. The average molecular weight is 276 g/mol. The van der Waals surface area contributed by atoms with Crippen molar-refractivity contribution in [2.45, 2.75) is 26.2 Å². The minimum atomic E-state index is -0.00194. The highest BCUT2D eigenvalue weighted by molar-refractivity contribution is 7.09. The molecule has 0 N–H and O–H groups in total. The standard InChI is InChI=1S/C14H16N2O2S/c1-10-15-11(9-19-10)12-5-6-13(18-12)14(17)16-7-3-2-4-8-16/h5-6,9H,2-4,7-8H2,1H3. The minimum absolute atomic E-state index is 0.00194. The van der Waals surface area contributed by atoms with Crippen molar-refractivity contribution in [2.24, 2.45) is 0 Å². The summed E-state index contributed by atoms with van der Waals surface area (Å²) in [5, 5.41) is 2.94. The van der Waals surface area contributed by atoms with E-state index < -0.39 is 0 Å². The van der Waals surface area contributed by atoms with Gasteiger partial charge in [0.2, 0.25) is 0 Å². The Bertz CT molecular complexity index is 582. The molecule has 4 nitrogen and oxygen atoms in total. The first-order valence-electron chi connectivity index (χ1n) is 6.55. The molecular weight excluding hydrogens is 260 g/mol. The lowest BCUT2D eigenvalue weighted by atomic mass is 10.1. The van der Waals surface area contributed by atoms with Crippen LogP contribution in [-0.2, 0) is 0 Å². The fourth-order valence-corrected chi connectivity index (χ4v) is 2.92. The minimum Gasteiger partial charge on any atom is -0.449 e. The van der Waals surface area contributed by atoms with Crippen LogP contribution in [0.4, 0.5) is 0 Å². The average Bonchev–Trinajstić information content (AvgIpc) is 3.07. The highest BCUT2D eigenvalue weighted by Gasteiger charge is 2.21. The summed E-state index contributed by atoms with van der Waals surface area (Å²) in [6.45, 7) is 3.63. The van der Waals surface area contributed by atoms with Gasteiger partial charge in [-0.05, 0) is 38.3 Å². The molecule has 0 aromatic carbocycles. The second-order valence-electron chi connectivity index (χ2n) is 4.77. The van der Waals surface area contributed by atoms with Gasteiger partial charge in [0.25, 0.3) is 5.91 Å². The number of thiazole rings is 1. The third-order valence-corrected chi connectivity index (χ3v) is 4.11. The van der Waals surface area contributed by atoms with Crippen LogP contribution >= 0.6 is 11.3 Å². The largest absolute Gasteiger partial charge is 0.449 e. The number of rotatable bonds is 2. The molecule has 0 atom stereocenters. The number of carbonyl (C=O) groups is 1. The number of amides is 1. The fourth-order valence-electron chi connectivity index (χ4n) is 2.32. The summed E-state index contributed by atoms with van der Waals surface area (Å²) in [6, 6.07) is 3.58. The Morgan fingerprint density at radius 3 is 2.79 bits per heavy atom. The second-order valence-corrected chi connectivity index (χ2v) is 5.83. The Morgan fingerprint density at radius 2 is 2.11 bits per heavy atom. The molecule has 1 saturated heterocycles. The van der Waals surface area contributed by atoms with Crippen LogP contribution in [-0.4, -0.2) is 28.9 Å². The fraction of sp³-hybridized carbons (Fsp3) is 0.429. The predicted molar refractivity (Wildman–Crippen MR) is 74.3 cm³/mol. The lowest BCUT2D eigenvalue weighted by Gasteiger charge is -2.25. The summed E-state index contributed by atoms with van der Waals surface area (Å²) in [6.07, 6.45) is 3.39. The molecule has 100 valence electrons. The maximum absolute atomic E-state index is 12.3. The van der Waals surface area contributed by atoms with Crippen molar-refractivity contribution in [1.82, 2.24) is 9.88 Å². The van der Waals surface area contributed by atoms with Gasteiger partial charge >= 0.3 is 0 Å². The van der Waals surface area contributed by atoms with Crippen LogP contribution in [0.3, 0.4) is 0 Å². The van der Waals surface area contributed by atoms with Crippen LogP contribution in [0.15, 0.2) is 21.9 Å². The normalized spacial score (nSPS) is 15.7. The van der Waals surface area contributed by atoms with Crippen LogP contribution < -0.4 is 0 Å². The Morgan fingerprint density at radius 1 is 1.32 bits per heavy atom. The number of aryl methyl sites for hydroxylation is 1. The van der Waals surface area contributed by atoms with E-state index in [0.717, 1.165) is 36.6 Å². The first-order valence-corrected chi connectivity index (χ1v) is 7.43. The number of likely N-dealkylation sites (tertiary alicyclic amines) is 1. The smallest absolute Gasteiger partial charge is 0.289 e. The maximum Gasteiger partial charge on any atom is 0.289 e.